The number of hydrogen-bond acceptors (Lipinski definition) is 19. The van der Waals surface area contributed by atoms with E-state index in [0.29, 0.717) is 48.4 Å². The van der Waals surface area contributed by atoms with Crippen molar-refractivity contribution in [1.82, 2.24) is 60.2 Å². The molecule has 5 fully saturated rings. The number of likely N-dealkylation sites (tertiary alicyclic amines) is 3. The molecule has 2 unspecified atom stereocenters. The van der Waals surface area contributed by atoms with E-state index in [4.69, 9.17) is 18.9 Å². The second-order valence-corrected chi connectivity index (χ2v) is 18.5. The van der Waals surface area contributed by atoms with Crippen molar-refractivity contribution in [2.24, 2.45) is 5.41 Å². The summed E-state index contributed by atoms with van der Waals surface area (Å²) in [5.41, 5.74) is 7.52. The molecule has 1 amide bonds. The van der Waals surface area contributed by atoms with Crippen LogP contribution in [0.5, 0.6) is 23.5 Å². The molecule has 20 nitrogen and oxygen atoms in total. The Morgan fingerprint density at radius 2 is 1.26 bits per heavy atom. The predicted molar refractivity (Wildman–Crippen MR) is 253 cm³/mol. The highest BCUT2D eigenvalue weighted by atomic mass is 16.5. The van der Waals surface area contributed by atoms with Gasteiger partial charge in [-0.1, -0.05) is 6.07 Å². The number of rotatable bonds is 15. The Morgan fingerprint density at radius 3 is 1.79 bits per heavy atom. The number of methoxy groups -OCH3 is 4. The fourth-order valence-corrected chi connectivity index (χ4v) is 9.16. The Kier molecular flexibility index (Phi) is 19.1. The Hall–Kier alpha value is -5.22. The average molecular weight is 945 g/mol. The van der Waals surface area contributed by atoms with Crippen LogP contribution in [0.2, 0.25) is 0 Å². The maximum absolute atomic E-state index is 11.0. The van der Waals surface area contributed by atoms with E-state index in [2.05, 4.69) is 60.2 Å². The van der Waals surface area contributed by atoms with E-state index in [9.17, 15) is 20.1 Å². The van der Waals surface area contributed by atoms with Gasteiger partial charge in [0.05, 0.1) is 64.3 Å². The van der Waals surface area contributed by atoms with Crippen LogP contribution >= 0.6 is 0 Å². The van der Waals surface area contributed by atoms with E-state index in [-0.39, 0.29) is 36.8 Å². The lowest BCUT2D eigenvalue weighted by Gasteiger charge is -2.57. The number of nitrogens with zero attached hydrogens (tertiary/aromatic N) is 10. The molecule has 2 atom stereocenters. The largest absolute Gasteiger partial charge is 0.481 e. The number of nitrogens with one attached hydrogen (secondary N) is 2. The first-order valence-electron chi connectivity index (χ1n) is 23.5. The number of hydrogen-bond donors (Lipinski definition) is 5. The zero-order valence-electron chi connectivity index (χ0n) is 41.1. The molecule has 4 aromatic heterocycles. The second kappa shape index (κ2) is 24.9. The van der Waals surface area contributed by atoms with Crippen molar-refractivity contribution in [3.63, 3.8) is 0 Å². The first kappa shape index (κ1) is 52.2. The molecule has 0 aromatic carbocycles. The molecule has 372 valence electrons. The number of carbonyl (C=O) groups is 1. The summed E-state index contributed by atoms with van der Waals surface area (Å²) in [6.45, 7) is 16.1. The van der Waals surface area contributed by atoms with E-state index in [0.717, 1.165) is 130 Å². The molecule has 9 rings (SSSR count). The summed E-state index contributed by atoms with van der Waals surface area (Å²) in [5, 5.41) is 34.0. The quantitative estimate of drug-likeness (QED) is 0.115. The Bertz CT molecular complexity index is 2240. The van der Waals surface area contributed by atoms with Crippen LogP contribution in [0.3, 0.4) is 0 Å². The van der Waals surface area contributed by atoms with Crippen LogP contribution in [0.15, 0.2) is 30.7 Å². The molecule has 0 bridgehead atoms. The van der Waals surface area contributed by atoms with E-state index >= 15 is 0 Å². The van der Waals surface area contributed by atoms with Crippen molar-refractivity contribution >= 4 is 5.91 Å². The van der Waals surface area contributed by atoms with E-state index in [1.54, 1.807) is 47.0 Å². The Morgan fingerprint density at radius 1 is 0.706 bits per heavy atom. The lowest BCUT2D eigenvalue weighted by Crippen LogP contribution is -2.63. The first-order chi connectivity index (χ1) is 32.7. The molecule has 1 spiro atoms. The Labute approximate surface area is 400 Å². The number of aliphatic hydroxyl groups excluding tert-OH is 3. The lowest BCUT2D eigenvalue weighted by atomic mass is 9.62. The molecule has 5 aliphatic rings. The average Bonchev–Trinajstić information content (AvgIpc) is 3.94. The highest BCUT2D eigenvalue weighted by Crippen LogP contribution is 2.48. The number of carbonyl (C=O) groups excluding carboxylic acids is 1. The van der Waals surface area contributed by atoms with Crippen LogP contribution in [0.25, 0.3) is 0 Å². The smallest absolute Gasteiger partial charge is 0.236 e. The van der Waals surface area contributed by atoms with Gasteiger partial charge in [-0.25, -0.2) is 19.9 Å². The van der Waals surface area contributed by atoms with Gasteiger partial charge in [0.25, 0.3) is 0 Å². The van der Waals surface area contributed by atoms with Gasteiger partial charge in [-0.05, 0) is 72.4 Å². The van der Waals surface area contributed by atoms with E-state index in [1.165, 1.54) is 0 Å². The number of aliphatic hydroxyl groups is 3. The minimum atomic E-state index is -0.158. The summed E-state index contributed by atoms with van der Waals surface area (Å²) in [7, 11) is 6.47. The van der Waals surface area contributed by atoms with Crippen molar-refractivity contribution < 1.29 is 39.1 Å². The molecule has 68 heavy (non-hydrogen) atoms. The van der Waals surface area contributed by atoms with Crippen LogP contribution in [0, 0.1) is 33.1 Å². The van der Waals surface area contributed by atoms with Crippen LogP contribution in [-0.2, 0) is 31.0 Å². The van der Waals surface area contributed by atoms with Crippen molar-refractivity contribution in [1.29, 1.82) is 0 Å². The van der Waals surface area contributed by atoms with Gasteiger partial charge < -0.3 is 44.9 Å². The van der Waals surface area contributed by atoms with Gasteiger partial charge in [0.1, 0.15) is 17.1 Å². The molecule has 1 saturated carbocycles. The minimum Gasteiger partial charge on any atom is -0.481 e. The van der Waals surface area contributed by atoms with Gasteiger partial charge in [0, 0.05) is 113 Å². The highest BCUT2D eigenvalue weighted by molar-refractivity contribution is 5.78. The monoisotopic (exact) mass is 945 g/mol. The number of amides is 1. The molecular formula is C48H72N12O8. The van der Waals surface area contributed by atoms with Gasteiger partial charge >= 0.3 is 0 Å². The molecule has 20 heteroatoms. The van der Waals surface area contributed by atoms with Gasteiger partial charge in [-0.3, -0.25) is 34.4 Å². The fourth-order valence-electron chi connectivity index (χ4n) is 9.16. The van der Waals surface area contributed by atoms with Gasteiger partial charge in [-0.2, -0.15) is 0 Å². The third-order valence-corrected chi connectivity index (χ3v) is 12.6. The summed E-state index contributed by atoms with van der Waals surface area (Å²) >= 11 is 0. The fraction of sp³-hybridized carbons (Fsp3) is 0.625. The number of aromatic nitrogens is 7. The first-order valence-corrected chi connectivity index (χ1v) is 23.5. The predicted octanol–water partition coefficient (Wildman–Crippen LogP) is 2.24. The van der Waals surface area contributed by atoms with Gasteiger partial charge in [0.2, 0.25) is 29.4 Å². The van der Waals surface area contributed by atoms with Gasteiger partial charge in [0.15, 0.2) is 0 Å². The van der Waals surface area contributed by atoms with Crippen molar-refractivity contribution in [3.05, 3.63) is 76.1 Å². The summed E-state index contributed by atoms with van der Waals surface area (Å²) in [6.07, 6.45) is 10.6. The summed E-state index contributed by atoms with van der Waals surface area (Å²) in [4.78, 5) is 48.1. The standard InChI is InChI=1S/C13H19N3O2.C12H18N4O2.C12H19N3O2.C11H16N2O2/c1-9-5-14-11(12(15-9)18-2)6-16-7-13(8-16)3-10(17)4-13;1-8-5-14-10(12(15-8)18-2)7-13-6-9-3-4-11(17)16-9;1-9-6-13-11(12(14-9)17-2)7-15-5-3-4-10(15)8-16;1-8-3-4-9(11(12-8)15-2)5-13-6-10(14)7-13/h5,10,17H,3-4,6-8H2,1-2H3;5,9,13H,3-4,6-7H2,1-2H3,(H,16,17);6,10,16H,3-5,7-8H2,1-2H3;3-4,10,14H,5-7H2,1-2H3. The second-order valence-electron chi connectivity index (χ2n) is 18.5. The van der Waals surface area contributed by atoms with Crippen LogP contribution in [0.1, 0.15) is 83.9 Å². The van der Waals surface area contributed by atoms with Crippen LogP contribution in [0.4, 0.5) is 0 Å². The van der Waals surface area contributed by atoms with Crippen molar-refractivity contribution in [2.45, 2.75) is 117 Å². The summed E-state index contributed by atoms with van der Waals surface area (Å²) in [6, 6.07) is 4.49. The van der Waals surface area contributed by atoms with E-state index < -0.39 is 0 Å². The van der Waals surface area contributed by atoms with Crippen LogP contribution in [-0.4, -0.2) is 169 Å². The lowest BCUT2D eigenvalue weighted by molar-refractivity contribution is -0.131. The molecule has 5 N–H and O–H groups in total. The summed E-state index contributed by atoms with van der Waals surface area (Å²) < 4.78 is 20.9. The zero-order valence-corrected chi connectivity index (χ0v) is 41.1. The molecular weight excluding hydrogens is 873 g/mol. The topological polar surface area (TPSA) is 239 Å². The molecule has 1 aliphatic carbocycles. The zero-order chi connectivity index (χ0) is 48.8. The molecule has 0 radical (unpaired) electrons. The third-order valence-electron chi connectivity index (χ3n) is 12.6. The summed E-state index contributed by atoms with van der Waals surface area (Å²) in [5.74, 6) is 2.60. The number of aryl methyl sites for hydroxylation is 4. The van der Waals surface area contributed by atoms with Crippen LogP contribution < -0.4 is 29.6 Å². The van der Waals surface area contributed by atoms with E-state index in [1.807, 2.05) is 39.8 Å². The maximum atomic E-state index is 11.0. The number of ether oxygens (including phenoxy) is 4. The molecule has 8 heterocycles. The SMILES string of the molecule is COc1nc(C)ccc1CN1CC(O)C1.COc1nc(C)cnc1CN1CC2(CC(O)C2)C1.COc1nc(C)cnc1CN1CCCC1CO.COc1nc(C)cnc1CNCC1CCC(=O)N1. The number of pyridine rings is 1. The molecule has 4 aliphatic heterocycles. The molecule has 4 saturated heterocycles. The Balaban J connectivity index is 0.000000150. The highest BCUT2D eigenvalue weighted by Gasteiger charge is 2.51. The van der Waals surface area contributed by atoms with Gasteiger partial charge in [-0.15, -0.1) is 0 Å². The van der Waals surface area contributed by atoms with Crippen molar-refractivity contribution in [3.8, 4) is 23.5 Å². The third kappa shape index (κ3) is 14.6. The number of β-amino-alcohol motifs (C(OH)–C–C–N with tert-alkyl or cyclic N) is 1. The minimum absolute atomic E-state index is 0.0687. The van der Waals surface area contributed by atoms with Crippen molar-refractivity contribution in [2.75, 3.05) is 74.3 Å². The maximum Gasteiger partial charge on any atom is 0.236 e. The molecule has 4 aromatic rings. The normalized spacial score (nSPS) is 20.0.